The molecule has 2 atom stereocenters. The van der Waals surface area contributed by atoms with E-state index in [0.717, 1.165) is 19.3 Å². The van der Waals surface area contributed by atoms with Gasteiger partial charge >= 0.3 is 5.97 Å². The van der Waals surface area contributed by atoms with Crippen LogP contribution in [0.25, 0.3) is 0 Å². The van der Waals surface area contributed by atoms with Crippen LogP contribution >= 0.6 is 0 Å². The van der Waals surface area contributed by atoms with Gasteiger partial charge in [0.25, 0.3) is 0 Å². The van der Waals surface area contributed by atoms with Gasteiger partial charge in [-0.3, -0.25) is 10.1 Å². The fourth-order valence-corrected chi connectivity index (χ4v) is 4.47. The number of esters is 1. The van der Waals surface area contributed by atoms with E-state index in [1.165, 1.54) is 44.9 Å². The highest BCUT2D eigenvalue weighted by Crippen LogP contribution is 2.38. The fourth-order valence-electron chi connectivity index (χ4n) is 4.47. The normalized spacial score (nSPS) is 31.3. The molecule has 0 bridgehead atoms. The smallest absolute Gasteiger partial charge is 0.326 e. The van der Waals surface area contributed by atoms with Gasteiger partial charge in [-0.25, -0.2) is 0 Å². The van der Waals surface area contributed by atoms with Gasteiger partial charge in [0.05, 0.1) is 7.11 Å². The first-order chi connectivity index (χ1) is 10.1. The van der Waals surface area contributed by atoms with E-state index in [2.05, 4.69) is 19.2 Å². The number of methoxy groups -OCH3 is 1. The quantitative estimate of drug-likeness (QED) is 0.777. The van der Waals surface area contributed by atoms with Gasteiger partial charge in [-0.2, -0.15) is 0 Å². The molecule has 0 heterocycles. The van der Waals surface area contributed by atoms with Crippen LogP contribution < -0.4 is 5.32 Å². The third kappa shape index (κ3) is 4.45. The molecule has 122 valence electrons. The van der Waals surface area contributed by atoms with Crippen LogP contribution in [0.5, 0.6) is 0 Å². The van der Waals surface area contributed by atoms with Crippen molar-refractivity contribution in [3.8, 4) is 0 Å². The fraction of sp³-hybridized carbons (Fsp3) is 0.944. The summed E-state index contributed by atoms with van der Waals surface area (Å²) >= 11 is 0. The van der Waals surface area contributed by atoms with E-state index >= 15 is 0 Å². The molecule has 2 unspecified atom stereocenters. The van der Waals surface area contributed by atoms with E-state index in [9.17, 15) is 4.79 Å². The monoisotopic (exact) mass is 295 g/mol. The van der Waals surface area contributed by atoms with Crippen molar-refractivity contribution in [2.45, 2.75) is 89.6 Å². The summed E-state index contributed by atoms with van der Waals surface area (Å²) in [7, 11) is 1.54. The number of hydrogen-bond donors (Lipinski definition) is 1. The summed E-state index contributed by atoms with van der Waals surface area (Å²) in [6.45, 7) is 4.56. The second kappa shape index (κ2) is 7.62. The lowest BCUT2D eigenvalue weighted by Gasteiger charge is -2.43. The molecule has 2 fully saturated rings. The number of rotatable bonds is 5. The minimum atomic E-state index is -0.408. The van der Waals surface area contributed by atoms with Crippen LogP contribution in [0.3, 0.4) is 0 Å². The van der Waals surface area contributed by atoms with Crippen molar-refractivity contribution < 1.29 is 9.53 Å². The van der Waals surface area contributed by atoms with Crippen molar-refractivity contribution in [2.24, 2.45) is 11.8 Å². The highest BCUT2D eigenvalue weighted by Gasteiger charge is 2.44. The standard InChI is InChI=1S/C18H33NO2/c1-14(2)12-15-8-7-11-18(13-15,17(20)21-3)19-16-9-5-4-6-10-16/h14-16,19H,4-13H2,1-3H3. The Balaban J connectivity index is 2.06. The third-order valence-corrected chi connectivity index (χ3v) is 5.32. The van der Waals surface area contributed by atoms with Crippen LogP contribution in [0.2, 0.25) is 0 Å². The van der Waals surface area contributed by atoms with Gasteiger partial charge in [0, 0.05) is 6.04 Å². The second-order valence-electron chi connectivity index (χ2n) is 7.64. The molecule has 1 N–H and O–H groups in total. The number of nitrogens with one attached hydrogen (secondary N) is 1. The Labute approximate surface area is 130 Å². The second-order valence-corrected chi connectivity index (χ2v) is 7.64. The largest absolute Gasteiger partial charge is 0.468 e. The zero-order chi connectivity index (χ0) is 15.3. The Hall–Kier alpha value is -0.570. The average molecular weight is 295 g/mol. The van der Waals surface area contributed by atoms with Gasteiger partial charge in [-0.1, -0.05) is 46.0 Å². The Morgan fingerprint density at radius 3 is 2.52 bits per heavy atom. The van der Waals surface area contributed by atoms with Crippen molar-refractivity contribution in [2.75, 3.05) is 7.11 Å². The first-order valence-electron chi connectivity index (χ1n) is 8.92. The molecular weight excluding hydrogens is 262 g/mol. The molecule has 0 aromatic carbocycles. The summed E-state index contributed by atoms with van der Waals surface area (Å²) in [4.78, 5) is 12.5. The lowest BCUT2D eigenvalue weighted by molar-refractivity contribution is -0.151. The summed E-state index contributed by atoms with van der Waals surface area (Å²) in [5.41, 5.74) is -0.408. The number of carbonyl (C=O) groups is 1. The van der Waals surface area contributed by atoms with Crippen molar-refractivity contribution in [3.63, 3.8) is 0 Å². The van der Waals surface area contributed by atoms with E-state index in [1.807, 2.05) is 0 Å². The zero-order valence-electron chi connectivity index (χ0n) is 14.1. The molecule has 0 amide bonds. The Morgan fingerprint density at radius 2 is 1.90 bits per heavy atom. The van der Waals surface area contributed by atoms with Crippen molar-refractivity contribution in [1.82, 2.24) is 5.32 Å². The summed E-state index contributed by atoms with van der Waals surface area (Å²) in [5.74, 6) is 1.34. The molecule has 3 nitrogen and oxygen atoms in total. The molecule has 3 heteroatoms. The first kappa shape index (κ1) is 16.8. The molecule has 2 saturated carbocycles. The van der Waals surface area contributed by atoms with Gasteiger partial charge in [-0.15, -0.1) is 0 Å². The maximum absolute atomic E-state index is 12.5. The van der Waals surface area contributed by atoms with E-state index in [0.29, 0.717) is 17.9 Å². The van der Waals surface area contributed by atoms with Gasteiger partial charge < -0.3 is 4.74 Å². The van der Waals surface area contributed by atoms with Crippen LogP contribution in [0.15, 0.2) is 0 Å². The molecule has 0 aromatic heterocycles. The van der Waals surface area contributed by atoms with Crippen LogP contribution in [0.4, 0.5) is 0 Å². The minimum Gasteiger partial charge on any atom is -0.468 e. The average Bonchev–Trinajstić information content (AvgIpc) is 2.47. The molecule has 2 aliphatic carbocycles. The minimum absolute atomic E-state index is 0.0264. The SMILES string of the molecule is COC(=O)C1(NC2CCCCC2)CCCC(CC(C)C)C1. The first-order valence-corrected chi connectivity index (χ1v) is 8.92. The maximum atomic E-state index is 12.5. The highest BCUT2D eigenvalue weighted by molar-refractivity contribution is 5.81. The maximum Gasteiger partial charge on any atom is 0.326 e. The summed E-state index contributed by atoms with van der Waals surface area (Å²) in [6.07, 6.45) is 11.9. The summed E-state index contributed by atoms with van der Waals surface area (Å²) in [6, 6.07) is 0.510. The summed E-state index contributed by atoms with van der Waals surface area (Å²) < 4.78 is 5.19. The summed E-state index contributed by atoms with van der Waals surface area (Å²) in [5, 5.41) is 3.75. The lowest BCUT2D eigenvalue weighted by Crippen LogP contribution is -2.59. The van der Waals surface area contributed by atoms with Crippen LogP contribution in [0, 0.1) is 11.8 Å². The van der Waals surface area contributed by atoms with Gasteiger partial charge in [0.2, 0.25) is 0 Å². The molecular formula is C18H33NO2. The number of ether oxygens (including phenoxy) is 1. The number of hydrogen-bond acceptors (Lipinski definition) is 3. The van der Waals surface area contributed by atoms with E-state index in [4.69, 9.17) is 4.74 Å². The topological polar surface area (TPSA) is 38.3 Å². The lowest BCUT2D eigenvalue weighted by atomic mass is 9.72. The molecule has 0 aliphatic heterocycles. The molecule has 2 aliphatic rings. The van der Waals surface area contributed by atoms with Crippen LogP contribution in [-0.2, 0) is 9.53 Å². The van der Waals surface area contributed by atoms with Gasteiger partial charge in [0.1, 0.15) is 5.54 Å². The third-order valence-electron chi connectivity index (χ3n) is 5.32. The van der Waals surface area contributed by atoms with Crippen molar-refractivity contribution in [3.05, 3.63) is 0 Å². The number of carbonyl (C=O) groups excluding carboxylic acids is 1. The van der Waals surface area contributed by atoms with Gasteiger partial charge in [-0.05, 0) is 43.9 Å². The van der Waals surface area contributed by atoms with E-state index in [1.54, 1.807) is 7.11 Å². The molecule has 0 aromatic rings. The Bertz CT molecular complexity index is 336. The molecule has 0 saturated heterocycles. The van der Waals surface area contributed by atoms with Crippen LogP contribution in [0.1, 0.15) is 78.1 Å². The molecule has 2 rings (SSSR count). The van der Waals surface area contributed by atoms with E-state index < -0.39 is 5.54 Å². The van der Waals surface area contributed by atoms with Gasteiger partial charge in [0.15, 0.2) is 0 Å². The Kier molecular flexibility index (Phi) is 6.09. The zero-order valence-corrected chi connectivity index (χ0v) is 14.1. The predicted molar refractivity (Wildman–Crippen MR) is 86.2 cm³/mol. The molecule has 0 spiro atoms. The predicted octanol–water partition coefficient (Wildman–Crippen LogP) is 4.06. The van der Waals surface area contributed by atoms with Crippen molar-refractivity contribution >= 4 is 5.97 Å². The molecule has 21 heavy (non-hydrogen) atoms. The van der Waals surface area contributed by atoms with E-state index in [-0.39, 0.29) is 5.97 Å². The Morgan fingerprint density at radius 1 is 1.19 bits per heavy atom. The molecule has 0 radical (unpaired) electrons. The van der Waals surface area contributed by atoms with Crippen molar-refractivity contribution in [1.29, 1.82) is 0 Å². The highest BCUT2D eigenvalue weighted by atomic mass is 16.5. The van der Waals surface area contributed by atoms with Crippen LogP contribution in [-0.4, -0.2) is 24.7 Å².